The Morgan fingerprint density at radius 3 is 2.29 bits per heavy atom. The fourth-order valence-corrected chi connectivity index (χ4v) is 2.73. The van der Waals surface area contributed by atoms with E-state index in [2.05, 4.69) is 44.4 Å². The second-order valence-corrected chi connectivity index (χ2v) is 5.38. The van der Waals surface area contributed by atoms with Crippen LogP contribution in [0.4, 0.5) is 0 Å². The molecule has 0 aromatic rings. The van der Waals surface area contributed by atoms with Crippen molar-refractivity contribution in [3.63, 3.8) is 0 Å². The van der Waals surface area contributed by atoms with E-state index in [4.69, 9.17) is 0 Å². The zero-order valence-electron chi connectivity index (χ0n) is 10.5. The van der Waals surface area contributed by atoms with Crippen LogP contribution in [0, 0.1) is 0 Å². The second-order valence-electron chi connectivity index (χ2n) is 5.38. The number of nitrogens with zero attached hydrogens (tertiary/aromatic N) is 2. The first kappa shape index (κ1) is 12.0. The van der Waals surface area contributed by atoms with Crippen LogP contribution in [-0.2, 0) is 0 Å². The van der Waals surface area contributed by atoms with Crippen LogP contribution in [0.5, 0.6) is 0 Å². The zero-order chi connectivity index (χ0) is 10.8. The lowest BCUT2D eigenvalue weighted by molar-refractivity contribution is -0.00126. The van der Waals surface area contributed by atoms with Gasteiger partial charge in [-0.3, -0.25) is 4.90 Å². The standard InChI is InChI=1S/C12H26N2/c1-6-7-13-8-9-14(11(2)3)12(4,5)10-13/h11H,6-10H2,1-5H3. The Bertz CT molecular complexity index is 175. The quantitative estimate of drug-likeness (QED) is 0.686. The van der Waals surface area contributed by atoms with E-state index < -0.39 is 0 Å². The summed E-state index contributed by atoms with van der Waals surface area (Å²) >= 11 is 0. The van der Waals surface area contributed by atoms with Crippen LogP contribution in [0.1, 0.15) is 41.0 Å². The van der Waals surface area contributed by atoms with E-state index in [0.717, 1.165) is 0 Å². The first-order valence-electron chi connectivity index (χ1n) is 5.96. The third-order valence-corrected chi connectivity index (χ3v) is 3.21. The van der Waals surface area contributed by atoms with Crippen LogP contribution in [0.3, 0.4) is 0 Å². The van der Waals surface area contributed by atoms with Crippen molar-refractivity contribution in [2.45, 2.75) is 52.6 Å². The number of hydrogen-bond donors (Lipinski definition) is 0. The second kappa shape index (κ2) is 4.63. The average molecular weight is 198 g/mol. The molecule has 0 amide bonds. The Labute approximate surface area is 89.3 Å². The molecule has 2 heteroatoms. The maximum absolute atomic E-state index is 2.62. The fraction of sp³-hybridized carbons (Fsp3) is 1.00. The van der Waals surface area contributed by atoms with E-state index in [1.54, 1.807) is 0 Å². The van der Waals surface area contributed by atoms with Gasteiger partial charge < -0.3 is 4.90 Å². The lowest BCUT2D eigenvalue weighted by atomic mass is 9.97. The minimum atomic E-state index is 0.349. The molecule has 84 valence electrons. The number of piperazine rings is 1. The monoisotopic (exact) mass is 198 g/mol. The molecule has 1 fully saturated rings. The van der Waals surface area contributed by atoms with Crippen molar-refractivity contribution in [2.24, 2.45) is 0 Å². The van der Waals surface area contributed by atoms with Gasteiger partial charge in [-0.05, 0) is 40.7 Å². The summed E-state index contributed by atoms with van der Waals surface area (Å²) < 4.78 is 0. The molecular formula is C12H26N2. The van der Waals surface area contributed by atoms with Crippen molar-refractivity contribution in [2.75, 3.05) is 26.2 Å². The Morgan fingerprint density at radius 1 is 1.21 bits per heavy atom. The van der Waals surface area contributed by atoms with Crippen molar-refractivity contribution in [3.05, 3.63) is 0 Å². The third-order valence-electron chi connectivity index (χ3n) is 3.21. The third kappa shape index (κ3) is 2.71. The van der Waals surface area contributed by atoms with Gasteiger partial charge in [0, 0.05) is 31.2 Å². The highest BCUT2D eigenvalue weighted by Crippen LogP contribution is 2.23. The maximum Gasteiger partial charge on any atom is 0.0283 e. The minimum Gasteiger partial charge on any atom is -0.300 e. The molecule has 0 aromatic heterocycles. The molecule has 2 nitrogen and oxygen atoms in total. The van der Waals surface area contributed by atoms with Crippen LogP contribution in [0.2, 0.25) is 0 Å². The topological polar surface area (TPSA) is 6.48 Å². The van der Waals surface area contributed by atoms with Crippen LogP contribution in [0.15, 0.2) is 0 Å². The summed E-state index contributed by atoms with van der Waals surface area (Å²) in [5.41, 5.74) is 0.349. The van der Waals surface area contributed by atoms with Gasteiger partial charge in [0.1, 0.15) is 0 Å². The molecular weight excluding hydrogens is 172 g/mol. The Hall–Kier alpha value is -0.0800. The largest absolute Gasteiger partial charge is 0.300 e. The van der Waals surface area contributed by atoms with Crippen LogP contribution in [0.25, 0.3) is 0 Å². The predicted octanol–water partition coefficient (Wildman–Crippen LogP) is 2.20. The van der Waals surface area contributed by atoms with Gasteiger partial charge in [-0.1, -0.05) is 6.92 Å². The maximum atomic E-state index is 2.62. The summed E-state index contributed by atoms with van der Waals surface area (Å²) in [4.78, 5) is 5.22. The van der Waals surface area contributed by atoms with E-state index in [0.29, 0.717) is 11.6 Å². The first-order valence-corrected chi connectivity index (χ1v) is 5.96. The number of rotatable bonds is 3. The smallest absolute Gasteiger partial charge is 0.0283 e. The minimum absolute atomic E-state index is 0.349. The summed E-state index contributed by atoms with van der Waals surface area (Å²) in [5, 5.41) is 0. The van der Waals surface area contributed by atoms with Crippen molar-refractivity contribution in [1.82, 2.24) is 9.80 Å². The van der Waals surface area contributed by atoms with Gasteiger partial charge in [0.05, 0.1) is 0 Å². The summed E-state index contributed by atoms with van der Waals surface area (Å²) in [6, 6.07) is 0.675. The zero-order valence-corrected chi connectivity index (χ0v) is 10.5. The van der Waals surface area contributed by atoms with Crippen LogP contribution in [-0.4, -0.2) is 47.6 Å². The SMILES string of the molecule is CCCN1CCN(C(C)C)C(C)(C)C1. The molecule has 0 atom stereocenters. The molecule has 1 aliphatic rings. The molecule has 1 rings (SSSR count). The number of hydrogen-bond acceptors (Lipinski definition) is 2. The molecule has 1 heterocycles. The van der Waals surface area contributed by atoms with Crippen molar-refractivity contribution in [1.29, 1.82) is 0 Å². The average Bonchev–Trinajstić information content (AvgIpc) is 2.01. The molecule has 0 N–H and O–H groups in total. The van der Waals surface area contributed by atoms with Crippen molar-refractivity contribution in [3.8, 4) is 0 Å². The molecule has 1 aliphatic heterocycles. The molecule has 0 aromatic carbocycles. The van der Waals surface area contributed by atoms with E-state index in [9.17, 15) is 0 Å². The Balaban J connectivity index is 2.56. The molecule has 0 bridgehead atoms. The van der Waals surface area contributed by atoms with Gasteiger partial charge in [-0.15, -0.1) is 0 Å². The van der Waals surface area contributed by atoms with Crippen molar-refractivity contribution >= 4 is 0 Å². The molecule has 0 spiro atoms. The summed E-state index contributed by atoms with van der Waals surface area (Å²) in [7, 11) is 0. The van der Waals surface area contributed by atoms with Gasteiger partial charge in [0.25, 0.3) is 0 Å². The lowest BCUT2D eigenvalue weighted by Crippen LogP contribution is -2.61. The van der Waals surface area contributed by atoms with Crippen molar-refractivity contribution < 1.29 is 0 Å². The van der Waals surface area contributed by atoms with Crippen LogP contribution >= 0.6 is 0 Å². The van der Waals surface area contributed by atoms with Crippen LogP contribution < -0.4 is 0 Å². The first-order chi connectivity index (χ1) is 6.47. The molecule has 0 unspecified atom stereocenters. The lowest BCUT2D eigenvalue weighted by Gasteiger charge is -2.49. The Morgan fingerprint density at radius 2 is 1.86 bits per heavy atom. The molecule has 14 heavy (non-hydrogen) atoms. The van der Waals surface area contributed by atoms with E-state index in [1.165, 1.54) is 32.6 Å². The Kier molecular flexibility index (Phi) is 3.96. The summed E-state index contributed by atoms with van der Waals surface area (Å²) in [6.07, 6.45) is 1.28. The highest BCUT2D eigenvalue weighted by molar-refractivity contribution is 4.91. The van der Waals surface area contributed by atoms with Gasteiger partial charge >= 0.3 is 0 Å². The molecule has 1 saturated heterocycles. The highest BCUT2D eigenvalue weighted by Gasteiger charge is 2.34. The molecule has 0 saturated carbocycles. The van der Waals surface area contributed by atoms with Gasteiger partial charge in [0.2, 0.25) is 0 Å². The predicted molar refractivity (Wildman–Crippen MR) is 62.7 cm³/mol. The normalized spacial score (nSPS) is 24.4. The van der Waals surface area contributed by atoms with E-state index in [1.807, 2.05) is 0 Å². The van der Waals surface area contributed by atoms with E-state index in [-0.39, 0.29) is 0 Å². The van der Waals surface area contributed by atoms with E-state index >= 15 is 0 Å². The summed E-state index contributed by atoms with van der Waals surface area (Å²) in [6.45, 7) is 16.6. The van der Waals surface area contributed by atoms with Gasteiger partial charge in [-0.2, -0.15) is 0 Å². The van der Waals surface area contributed by atoms with Gasteiger partial charge in [-0.25, -0.2) is 0 Å². The molecule has 0 aliphatic carbocycles. The highest BCUT2D eigenvalue weighted by atomic mass is 15.3. The fourth-order valence-electron chi connectivity index (χ4n) is 2.73. The molecule has 0 radical (unpaired) electrons. The van der Waals surface area contributed by atoms with Gasteiger partial charge in [0.15, 0.2) is 0 Å². The summed E-state index contributed by atoms with van der Waals surface area (Å²) in [5.74, 6) is 0.